The zero-order chi connectivity index (χ0) is 22.6. The molecule has 1 amide bonds. The van der Waals surface area contributed by atoms with Gasteiger partial charge in [-0.05, 0) is 43.9 Å². The second kappa shape index (κ2) is 9.85. The fraction of sp³-hybridized carbons (Fsp3) is 0.650. The predicted molar refractivity (Wildman–Crippen MR) is 118 cm³/mol. The number of nitrogens with zero attached hydrogens (tertiary/aromatic N) is 2. The number of methoxy groups -OCH3 is 1. The monoisotopic (exact) mass is 473 g/mol. The largest absolute Gasteiger partial charge is 0.495 e. The molecule has 1 N–H and O–H groups in total. The summed E-state index contributed by atoms with van der Waals surface area (Å²) in [5, 5.41) is 2.71. The van der Waals surface area contributed by atoms with Crippen LogP contribution in [0.5, 0.6) is 5.75 Å². The molecule has 2 fully saturated rings. The summed E-state index contributed by atoms with van der Waals surface area (Å²) in [6, 6.07) is 3.54. The molecular weight excluding hydrogens is 442 g/mol. The molecule has 1 aromatic carbocycles. The van der Waals surface area contributed by atoms with Crippen LogP contribution in [0.3, 0.4) is 0 Å². The van der Waals surface area contributed by atoms with E-state index in [0.29, 0.717) is 31.7 Å². The Hall–Kier alpha value is -1.69. The quantitative estimate of drug-likeness (QED) is 0.676. The van der Waals surface area contributed by atoms with Crippen molar-refractivity contribution in [1.82, 2.24) is 8.61 Å². The van der Waals surface area contributed by atoms with Gasteiger partial charge in [0.15, 0.2) is 0 Å². The number of nitrogens with one attached hydrogen (secondary N) is 1. The van der Waals surface area contributed by atoms with Gasteiger partial charge in [0.05, 0.1) is 23.9 Å². The Morgan fingerprint density at radius 1 is 1.00 bits per heavy atom. The number of carbonyl (C=O) groups excluding carboxylic acids is 1. The van der Waals surface area contributed by atoms with Crippen molar-refractivity contribution >= 4 is 31.6 Å². The highest BCUT2D eigenvalue weighted by molar-refractivity contribution is 7.89. The van der Waals surface area contributed by atoms with Crippen molar-refractivity contribution in [2.45, 2.75) is 55.9 Å². The van der Waals surface area contributed by atoms with Crippen molar-refractivity contribution in [3.63, 3.8) is 0 Å². The molecule has 9 nitrogen and oxygen atoms in total. The van der Waals surface area contributed by atoms with E-state index in [2.05, 4.69) is 5.32 Å². The smallest absolute Gasteiger partial charge is 0.243 e. The topological polar surface area (TPSA) is 113 Å². The van der Waals surface area contributed by atoms with E-state index in [0.717, 1.165) is 38.4 Å². The third-order valence-electron chi connectivity index (χ3n) is 5.81. The molecule has 0 saturated carbocycles. The molecule has 2 aliphatic heterocycles. The van der Waals surface area contributed by atoms with Crippen LogP contribution >= 0.6 is 0 Å². The van der Waals surface area contributed by atoms with E-state index in [1.165, 1.54) is 33.9 Å². The van der Waals surface area contributed by atoms with Gasteiger partial charge in [-0.25, -0.2) is 16.8 Å². The average molecular weight is 474 g/mol. The van der Waals surface area contributed by atoms with Crippen molar-refractivity contribution in [1.29, 1.82) is 0 Å². The molecule has 0 bridgehead atoms. The third-order valence-corrected chi connectivity index (χ3v) is 9.00. The van der Waals surface area contributed by atoms with Gasteiger partial charge >= 0.3 is 0 Å². The van der Waals surface area contributed by atoms with Crippen LogP contribution in [0.2, 0.25) is 0 Å². The molecule has 0 aliphatic carbocycles. The Bertz CT molecular complexity index is 1000. The summed E-state index contributed by atoms with van der Waals surface area (Å²) in [5.74, 6) is -0.183. The molecule has 0 radical (unpaired) electrons. The molecule has 2 heterocycles. The Kier molecular flexibility index (Phi) is 7.61. The average Bonchev–Trinajstić information content (AvgIpc) is 3.03. The van der Waals surface area contributed by atoms with E-state index in [-0.39, 0.29) is 17.1 Å². The zero-order valence-corrected chi connectivity index (χ0v) is 19.7. The fourth-order valence-corrected chi connectivity index (χ4v) is 6.82. The molecule has 2 aliphatic rings. The van der Waals surface area contributed by atoms with Gasteiger partial charge < -0.3 is 10.1 Å². The molecule has 0 spiro atoms. The number of ether oxygens (including phenoxy) is 1. The Labute approximate surface area is 184 Å². The van der Waals surface area contributed by atoms with E-state index < -0.39 is 32.0 Å². The van der Waals surface area contributed by atoms with E-state index >= 15 is 0 Å². The Balaban J connectivity index is 1.87. The van der Waals surface area contributed by atoms with Crippen LogP contribution in [0.4, 0.5) is 5.69 Å². The van der Waals surface area contributed by atoms with Crippen LogP contribution in [0, 0.1) is 0 Å². The highest BCUT2D eigenvalue weighted by Crippen LogP contribution is 2.31. The van der Waals surface area contributed by atoms with Crippen molar-refractivity contribution in [2.24, 2.45) is 0 Å². The third kappa shape index (κ3) is 5.57. The van der Waals surface area contributed by atoms with Crippen LogP contribution in [-0.4, -0.2) is 70.4 Å². The summed E-state index contributed by atoms with van der Waals surface area (Å²) in [6.45, 7) is 1.24. The maximum Gasteiger partial charge on any atom is 0.243 e. The molecule has 174 valence electrons. The Morgan fingerprint density at radius 2 is 1.65 bits per heavy atom. The van der Waals surface area contributed by atoms with E-state index in [9.17, 15) is 21.6 Å². The molecule has 31 heavy (non-hydrogen) atoms. The number of amides is 1. The highest BCUT2D eigenvalue weighted by atomic mass is 32.2. The van der Waals surface area contributed by atoms with Crippen LogP contribution in [0.25, 0.3) is 0 Å². The predicted octanol–water partition coefficient (Wildman–Crippen LogP) is 2.01. The van der Waals surface area contributed by atoms with E-state index in [1.807, 2.05) is 0 Å². The van der Waals surface area contributed by atoms with Gasteiger partial charge in [0, 0.05) is 19.6 Å². The molecule has 3 rings (SSSR count). The summed E-state index contributed by atoms with van der Waals surface area (Å²) in [7, 11) is -5.82. The van der Waals surface area contributed by atoms with Gasteiger partial charge in [0.2, 0.25) is 26.0 Å². The van der Waals surface area contributed by atoms with Gasteiger partial charge in [0.25, 0.3) is 0 Å². The molecule has 1 atom stereocenters. The summed E-state index contributed by atoms with van der Waals surface area (Å²) in [6.07, 6.45) is 6.60. The number of piperidine rings is 1. The highest BCUT2D eigenvalue weighted by Gasteiger charge is 2.35. The minimum absolute atomic E-state index is 0.0779. The summed E-state index contributed by atoms with van der Waals surface area (Å²) in [4.78, 5) is 13.0. The standard InChI is InChI=1S/C20H31N3O6S2/c1-29-19-11-10-16(31(27,28)22-12-6-3-4-7-13-22)15-17(19)21-20(24)18-9-5-8-14-23(18)30(2,25)26/h10-11,15,18H,3-9,12-14H2,1-2H3,(H,21,24). The van der Waals surface area contributed by atoms with Crippen LogP contribution in [0.15, 0.2) is 23.1 Å². The number of hydrogen-bond donors (Lipinski definition) is 1. The lowest BCUT2D eigenvalue weighted by Crippen LogP contribution is -2.49. The number of hydrogen-bond acceptors (Lipinski definition) is 6. The van der Waals surface area contributed by atoms with Crippen molar-refractivity contribution in [3.05, 3.63) is 18.2 Å². The number of carbonyl (C=O) groups is 1. The lowest BCUT2D eigenvalue weighted by Gasteiger charge is -2.32. The molecule has 1 aromatic rings. The molecule has 2 saturated heterocycles. The minimum Gasteiger partial charge on any atom is -0.495 e. The van der Waals surface area contributed by atoms with Gasteiger partial charge in [-0.15, -0.1) is 0 Å². The van der Waals surface area contributed by atoms with Crippen LogP contribution < -0.4 is 10.1 Å². The number of sulfonamides is 2. The maximum atomic E-state index is 13.1. The van der Waals surface area contributed by atoms with Crippen LogP contribution in [-0.2, 0) is 24.8 Å². The van der Waals surface area contributed by atoms with E-state index in [1.54, 1.807) is 0 Å². The molecule has 1 unspecified atom stereocenters. The van der Waals surface area contributed by atoms with Crippen molar-refractivity contribution in [2.75, 3.05) is 38.3 Å². The van der Waals surface area contributed by atoms with Gasteiger partial charge in [-0.3, -0.25) is 4.79 Å². The lowest BCUT2D eigenvalue weighted by atomic mass is 10.0. The summed E-state index contributed by atoms with van der Waals surface area (Å²) < 4.78 is 58.5. The van der Waals surface area contributed by atoms with Gasteiger partial charge in [-0.1, -0.05) is 19.3 Å². The first-order chi connectivity index (χ1) is 14.6. The van der Waals surface area contributed by atoms with Crippen molar-refractivity contribution < 1.29 is 26.4 Å². The first kappa shape index (κ1) is 24.0. The van der Waals surface area contributed by atoms with Crippen molar-refractivity contribution in [3.8, 4) is 5.75 Å². The number of rotatable bonds is 6. The first-order valence-electron chi connectivity index (χ1n) is 10.6. The summed E-state index contributed by atoms with van der Waals surface area (Å²) >= 11 is 0. The van der Waals surface area contributed by atoms with Gasteiger partial charge in [-0.2, -0.15) is 8.61 Å². The fourth-order valence-electron chi connectivity index (χ4n) is 4.16. The second-order valence-electron chi connectivity index (χ2n) is 8.05. The second-order valence-corrected chi connectivity index (χ2v) is 11.9. The lowest BCUT2D eigenvalue weighted by molar-refractivity contribution is -0.120. The minimum atomic E-state index is -3.71. The number of benzene rings is 1. The van der Waals surface area contributed by atoms with Crippen LogP contribution in [0.1, 0.15) is 44.9 Å². The zero-order valence-electron chi connectivity index (χ0n) is 18.0. The summed E-state index contributed by atoms with van der Waals surface area (Å²) in [5.41, 5.74) is 0.211. The normalized spacial score (nSPS) is 21.9. The first-order valence-corrected chi connectivity index (χ1v) is 13.9. The molecule has 11 heteroatoms. The van der Waals surface area contributed by atoms with Gasteiger partial charge in [0.1, 0.15) is 11.8 Å². The molecular formula is C20H31N3O6S2. The molecule has 0 aromatic heterocycles. The number of anilines is 1. The SMILES string of the molecule is COc1ccc(S(=O)(=O)N2CCCCCC2)cc1NC(=O)C1CCCCN1S(C)(=O)=O. The van der Waals surface area contributed by atoms with E-state index in [4.69, 9.17) is 4.74 Å². The maximum absolute atomic E-state index is 13.1. The Morgan fingerprint density at radius 3 is 2.26 bits per heavy atom.